The van der Waals surface area contributed by atoms with Crippen molar-refractivity contribution in [2.24, 2.45) is 0 Å². The number of esters is 1. The van der Waals surface area contributed by atoms with Gasteiger partial charge in [-0.3, -0.25) is 4.79 Å². The predicted molar refractivity (Wildman–Crippen MR) is 115 cm³/mol. The van der Waals surface area contributed by atoms with Crippen molar-refractivity contribution in [1.29, 1.82) is 0 Å². The first kappa shape index (κ1) is 22.5. The number of ether oxygens (including phenoxy) is 2. The van der Waals surface area contributed by atoms with E-state index in [1.807, 2.05) is 38.1 Å². The van der Waals surface area contributed by atoms with E-state index in [4.69, 9.17) is 9.47 Å². The minimum Gasteiger partial charge on any atom is -0.479 e. The summed E-state index contributed by atoms with van der Waals surface area (Å²) in [5.41, 5.74) is 2.55. The molecule has 2 aromatic rings. The summed E-state index contributed by atoms with van der Waals surface area (Å²) in [7, 11) is 0. The Morgan fingerprint density at radius 1 is 0.966 bits per heavy atom. The predicted octanol–water partition coefficient (Wildman–Crippen LogP) is 5.39. The molecule has 0 aliphatic rings. The number of hydrogen-bond donors (Lipinski definition) is 1. The summed E-state index contributed by atoms with van der Waals surface area (Å²) < 4.78 is 10.9. The Hall–Kier alpha value is -2.82. The van der Waals surface area contributed by atoms with Crippen LogP contribution in [0.5, 0.6) is 5.75 Å². The normalized spacial score (nSPS) is 12.7. The Balaban J connectivity index is 1.90. The average Bonchev–Trinajstić information content (AvgIpc) is 2.73. The van der Waals surface area contributed by atoms with Crippen molar-refractivity contribution in [2.75, 3.05) is 5.32 Å². The molecule has 0 unspecified atom stereocenters. The van der Waals surface area contributed by atoms with Gasteiger partial charge in [0.15, 0.2) is 6.10 Å². The van der Waals surface area contributed by atoms with Crippen molar-refractivity contribution < 1.29 is 19.1 Å². The Bertz CT molecular complexity index is 784. The second-order valence-corrected chi connectivity index (χ2v) is 7.19. The lowest BCUT2D eigenvalue weighted by molar-refractivity contribution is -0.155. The van der Waals surface area contributed by atoms with Crippen LogP contribution in [0, 0.1) is 0 Å². The van der Waals surface area contributed by atoms with Crippen LogP contribution in [-0.4, -0.2) is 24.1 Å². The zero-order chi connectivity index (χ0) is 21.2. The van der Waals surface area contributed by atoms with Crippen LogP contribution >= 0.6 is 0 Å². The third kappa shape index (κ3) is 7.26. The van der Waals surface area contributed by atoms with E-state index in [2.05, 4.69) is 12.2 Å². The highest BCUT2D eigenvalue weighted by Crippen LogP contribution is 2.17. The van der Waals surface area contributed by atoms with Gasteiger partial charge in [0.05, 0.1) is 6.10 Å². The lowest BCUT2D eigenvalue weighted by Crippen LogP contribution is -2.29. The highest BCUT2D eigenvalue weighted by Gasteiger charge is 2.18. The molecule has 0 saturated carbocycles. The highest BCUT2D eigenvalue weighted by molar-refractivity contribution is 6.04. The fourth-order valence-corrected chi connectivity index (χ4v) is 2.65. The molecule has 0 bridgehead atoms. The van der Waals surface area contributed by atoms with E-state index in [0.29, 0.717) is 11.3 Å². The Kier molecular flexibility index (Phi) is 8.71. The van der Waals surface area contributed by atoms with Crippen LogP contribution in [0.4, 0.5) is 5.69 Å². The van der Waals surface area contributed by atoms with Crippen molar-refractivity contribution in [3.05, 3.63) is 59.7 Å². The van der Waals surface area contributed by atoms with Crippen LogP contribution in [0.3, 0.4) is 0 Å². The molecule has 2 aromatic carbocycles. The summed E-state index contributed by atoms with van der Waals surface area (Å²) in [6, 6.07) is 14.6. The number of carbonyl (C=O) groups excluding carboxylic acids is 2. The Labute approximate surface area is 173 Å². The summed E-state index contributed by atoms with van der Waals surface area (Å²) in [6.45, 7) is 7.62. The number of nitrogens with one attached hydrogen (secondary N) is 1. The summed E-state index contributed by atoms with van der Waals surface area (Å²) in [6.07, 6.45) is 3.28. The molecule has 0 aliphatic carbocycles. The molecule has 0 fully saturated rings. The number of rotatable bonds is 10. The van der Waals surface area contributed by atoms with Gasteiger partial charge in [-0.05, 0) is 75.1 Å². The Morgan fingerprint density at radius 2 is 1.62 bits per heavy atom. The Morgan fingerprint density at radius 3 is 2.21 bits per heavy atom. The van der Waals surface area contributed by atoms with Gasteiger partial charge in [0, 0.05) is 11.3 Å². The zero-order valence-electron chi connectivity index (χ0n) is 17.7. The molecule has 5 heteroatoms. The summed E-state index contributed by atoms with van der Waals surface area (Å²) in [4.78, 5) is 24.4. The number of unbranched alkanes of at least 4 members (excludes halogenated alkanes) is 1. The maximum absolute atomic E-state index is 12.4. The fraction of sp³-hybridized carbons (Fsp3) is 0.417. The standard InChI is InChI=1S/C24H31NO4/c1-5-7-8-19-9-13-21(14-10-19)25-23(26)20-11-15-22(16-12-20)29-18(4)24(27)28-17(3)6-2/h9-18H,5-8H2,1-4H3,(H,25,26)/t17-,18+/m1/s1. The van der Waals surface area contributed by atoms with Gasteiger partial charge in [0.1, 0.15) is 5.75 Å². The third-order valence-corrected chi connectivity index (χ3v) is 4.68. The first-order chi connectivity index (χ1) is 13.9. The second kappa shape index (κ2) is 11.2. The summed E-state index contributed by atoms with van der Waals surface area (Å²) in [5, 5.41) is 2.89. The molecule has 0 aliphatic heterocycles. The number of amides is 1. The first-order valence-corrected chi connectivity index (χ1v) is 10.3. The maximum atomic E-state index is 12.4. The quantitative estimate of drug-likeness (QED) is 0.546. The van der Waals surface area contributed by atoms with Gasteiger partial charge in [-0.1, -0.05) is 32.4 Å². The molecular weight excluding hydrogens is 366 g/mol. The van der Waals surface area contributed by atoms with Crippen molar-refractivity contribution in [2.45, 2.75) is 65.6 Å². The van der Waals surface area contributed by atoms with Crippen LogP contribution in [0.25, 0.3) is 0 Å². The second-order valence-electron chi connectivity index (χ2n) is 7.19. The van der Waals surface area contributed by atoms with Crippen molar-refractivity contribution >= 4 is 17.6 Å². The number of aryl methyl sites for hydroxylation is 1. The minimum absolute atomic E-state index is 0.139. The van der Waals surface area contributed by atoms with E-state index in [1.165, 1.54) is 5.56 Å². The molecule has 1 amide bonds. The van der Waals surface area contributed by atoms with Gasteiger partial charge >= 0.3 is 5.97 Å². The van der Waals surface area contributed by atoms with Gasteiger partial charge in [0.25, 0.3) is 5.91 Å². The van der Waals surface area contributed by atoms with Gasteiger partial charge in [-0.2, -0.15) is 0 Å². The number of carbonyl (C=O) groups is 2. The molecular formula is C24H31NO4. The SMILES string of the molecule is CCCCc1ccc(NC(=O)c2ccc(O[C@@H](C)C(=O)O[C@H](C)CC)cc2)cc1. The van der Waals surface area contributed by atoms with Crippen LogP contribution in [-0.2, 0) is 16.0 Å². The zero-order valence-corrected chi connectivity index (χ0v) is 17.7. The molecule has 2 rings (SSSR count). The van der Waals surface area contributed by atoms with Gasteiger partial charge < -0.3 is 14.8 Å². The van der Waals surface area contributed by atoms with Crippen molar-refractivity contribution in [1.82, 2.24) is 0 Å². The van der Waals surface area contributed by atoms with Crippen LogP contribution < -0.4 is 10.1 Å². The smallest absolute Gasteiger partial charge is 0.347 e. The van der Waals surface area contributed by atoms with E-state index < -0.39 is 12.1 Å². The molecule has 0 spiro atoms. The maximum Gasteiger partial charge on any atom is 0.347 e. The minimum atomic E-state index is -0.713. The number of benzene rings is 2. The molecule has 5 nitrogen and oxygen atoms in total. The molecule has 29 heavy (non-hydrogen) atoms. The van der Waals surface area contributed by atoms with Crippen molar-refractivity contribution in [3.63, 3.8) is 0 Å². The van der Waals surface area contributed by atoms with E-state index >= 15 is 0 Å². The number of hydrogen-bond acceptors (Lipinski definition) is 4. The van der Waals surface area contributed by atoms with Gasteiger partial charge in [0.2, 0.25) is 0 Å². The van der Waals surface area contributed by atoms with E-state index in [9.17, 15) is 9.59 Å². The molecule has 1 N–H and O–H groups in total. The lowest BCUT2D eigenvalue weighted by Gasteiger charge is -2.17. The van der Waals surface area contributed by atoms with Crippen LogP contribution in [0.15, 0.2) is 48.5 Å². The topological polar surface area (TPSA) is 64.6 Å². The van der Waals surface area contributed by atoms with E-state index in [-0.39, 0.29) is 12.0 Å². The third-order valence-electron chi connectivity index (χ3n) is 4.68. The molecule has 0 heterocycles. The van der Waals surface area contributed by atoms with Gasteiger partial charge in [-0.15, -0.1) is 0 Å². The molecule has 156 valence electrons. The fourth-order valence-electron chi connectivity index (χ4n) is 2.65. The van der Waals surface area contributed by atoms with Crippen LogP contribution in [0.2, 0.25) is 0 Å². The van der Waals surface area contributed by atoms with E-state index in [1.54, 1.807) is 31.2 Å². The van der Waals surface area contributed by atoms with Crippen LogP contribution in [0.1, 0.15) is 62.9 Å². The monoisotopic (exact) mass is 397 g/mol. The molecule has 0 aromatic heterocycles. The summed E-state index contributed by atoms with van der Waals surface area (Å²) >= 11 is 0. The summed E-state index contributed by atoms with van der Waals surface area (Å²) in [5.74, 6) is -0.0823. The largest absolute Gasteiger partial charge is 0.479 e. The van der Waals surface area contributed by atoms with E-state index in [0.717, 1.165) is 31.4 Å². The molecule has 0 radical (unpaired) electrons. The lowest BCUT2D eigenvalue weighted by atomic mass is 10.1. The number of anilines is 1. The molecule has 0 saturated heterocycles. The van der Waals surface area contributed by atoms with Crippen molar-refractivity contribution in [3.8, 4) is 5.75 Å². The highest BCUT2D eigenvalue weighted by atomic mass is 16.6. The average molecular weight is 398 g/mol. The molecule has 2 atom stereocenters. The van der Waals surface area contributed by atoms with Gasteiger partial charge in [-0.25, -0.2) is 4.79 Å². The first-order valence-electron chi connectivity index (χ1n) is 10.3.